The third kappa shape index (κ3) is 4.38. The zero-order valence-electron chi connectivity index (χ0n) is 12.3. The van der Waals surface area contributed by atoms with Gasteiger partial charge in [0.1, 0.15) is 0 Å². The molecule has 0 unspecified atom stereocenters. The summed E-state index contributed by atoms with van der Waals surface area (Å²) in [6, 6.07) is 3.84. The van der Waals surface area contributed by atoms with Gasteiger partial charge in [0, 0.05) is 32.5 Å². The number of anilines is 1. The third-order valence-electron chi connectivity index (χ3n) is 2.97. The van der Waals surface area contributed by atoms with Crippen LogP contribution in [0.15, 0.2) is 23.1 Å². The topological polar surface area (TPSA) is 111 Å². The van der Waals surface area contributed by atoms with Crippen molar-refractivity contribution in [1.82, 2.24) is 4.72 Å². The van der Waals surface area contributed by atoms with Gasteiger partial charge in [-0.2, -0.15) is 0 Å². The Kier molecular flexibility index (Phi) is 5.26. The summed E-state index contributed by atoms with van der Waals surface area (Å²) in [5.41, 5.74) is -0.741. The second kappa shape index (κ2) is 6.37. The van der Waals surface area contributed by atoms with Crippen molar-refractivity contribution in [2.45, 2.75) is 24.3 Å². The summed E-state index contributed by atoms with van der Waals surface area (Å²) < 4.78 is 31.9. The van der Waals surface area contributed by atoms with E-state index in [2.05, 4.69) is 10.0 Å². The van der Waals surface area contributed by atoms with E-state index < -0.39 is 26.2 Å². The number of rotatable bonds is 7. The summed E-state index contributed by atoms with van der Waals surface area (Å²) in [6.45, 7) is 3.40. The van der Waals surface area contributed by atoms with E-state index in [9.17, 15) is 18.5 Å². The number of nitro groups is 1. The summed E-state index contributed by atoms with van der Waals surface area (Å²) >= 11 is 0. The average molecular weight is 317 g/mol. The number of methoxy groups -OCH3 is 1. The first kappa shape index (κ1) is 17.3. The molecule has 1 rings (SSSR count). The summed E-state index contributed by atoms with van der Waals surface area (Å²) in [6.07, 6.45) is 0. The van der Waals surface area contributed by atoms with Gasteiger partial charge in [0.25, 0.3) is 5.69 Å². The Labute approximate surface area is 123 Å². The van der Waals surface area contributed by atoms with Crippen LogP contribution in [0.25, 0.3) is 0 Å². The molecule has 0 aliphatic heterocycles. The van der Waals surface area contributed by atoms with Gasteiger partial charge < -0.3 is 10.1 Å². The molecule has 0 spiro atoms. The van der Waals surface area contributed by atoms with E-state index in [1.54, 1.807) is 20.9 Å². The molecule has 0 atom stereocenters. The average Bonchev–Trinajstić information content (AvgIpc) is 2.44. The predicted octanol–water partition coefficient (Wildman–Crippen LogP) is 1.34. The van der Waals surface area contributed by atoms with Crippen molar-refractivity contribution in [1.29, 1.82) is 0 Å². The number of ether oxygens (including phenoxy) is 1. The molecule has 0 saturated heterocycles. The Morgan fingerprint density at radius 2 is 2.00 bits per heavy atom. The molecule has 0 fully saturated rings. The molecule has 9 heteroatoms. The summed E-state index contributed by atoms with van der Waals surface area (Å²) in [4.78, 5) is 9.95. The smallest absolute Gasteiger partial charge is 0.291 e. The van der Waals surface area contributed by atoms with E-state index in [4.69, 9.17) is 4.74 Å². The van der Waals surface area contributed by atoms with Gasteiger partial charge in [-0.3, -0.25) is 10.1 Å². The molecule has 0 radical (unpaired) electrons. The Morgan fingerprint density at radius 1 is 1.38 bits per heavy atom. The van der Waals surface area contributed by atoms with Crippen LogP contribution in [0.3, 0.4) is 0 Å². The Bertz CT molecular complexity index is 628. The number of nitrogens with one attached hydrogen (secondary N) is 2. The fourth-order valence-electron chi connectivity index (χ4n) is 1.46. The molecule has 8 nitrogen and oxygen atoms in total. The zero-order chi connectivity index (χ0) is 16.3. The molecule has 0 amide bonds. The molecule has 0 aliphatic rings. The van der Waals surface area contributed by atoms with Crippen molar-refractivity contribution < 1.29 is 18.1 Å². The molecule has 1 aromatic carbocycles. The molecule has 0 bridgehead atoms. The van der Waals surface area contributed by atoms with Crippen LogP contribution in [0.4, 0.5) is 11.4 Å². The summed E-state index contributed by atoms with van der Waals surface area (Å²) in [5, 5.41) is 13.8. The van der Waals surface area contributed by atoms with Crippen molar-refractivity contribution in [2.75, 3.05) is 26.0 Å². The van der Waals surface area contributed by atoms with Gasteiger partial charge in [0.05, 0.1) is 10.5 Å². The zero-order valence-corrected chi connectivity index (χ0v) is 13.2. The first-order chi connectivity index (χ1) is 9.63. The maximum Gasteiger partial charge on any atom is 0.291 e. The monoisotopic (exact) mass is 317 g/mol. The van der Waals surface area contributed by atoms with Gasteiger partial charge in [0.2, 0.25) is 10.0 Å². The van der Waals surface area contributed by atoms with Crippen LogP contribution in [0.5, 0.6) is 0 Å². The highest BCUT2D eigenvalue weighted by Crippen LogP contribution is 2.27. The number of hydrogen-bond donors (Lipinski definition) is 2. The van der Waals surface area contributed by atoms with Crippen LogP contribution in [0, 0.1) is 10.1 Å². The Morgan fingerprint density at radius 3 is 2.48 bits per heavy atom. The van der Waals surface area contributed by atoms with Gasteiger partial charge in [-0.1, -0.05) is 0 Å². The van der Waals surface area contributed by atoms with E-state index >= 15 is 0 Å². The normalized spacial score (nSPS) is 12.2. The van der Waals surface area contributed by atoms with Gasteiger partial charge in [-0.05, 0) is 26.0 Å². The lowest BCUT2D eigenvalue weighted by atomic mass is 10.1. The second-order valence-electron chi connectivity index (χ2n) is 4.98. The van der Waals surface area contributed by atoms with Crippen LogP contribution in [0.2, 0.25) is 0 Å². The minimum atomic E-state index is -4.00. The number of benzene rings is 1. The van der Waals surface area contributed by atoms with Crippen LogP contribution in [-0.4, -0.2) is 39.6 Å². The molecule has 0 heterocycles. The van der Waals surface area contributed by atoms with E-state index in [0.29, 0.717) is 5.69 Å². The number of nitro benzene ring substituents is 1. The first-order valence-electron chi connectivity index (χ1n) is 6.14. The second-order valence-corrected chi connectivity index (χ2v) is 6.71. The lowest BCUT2D eigenvalue weighted by Crippen LogP contribution is -2.39. The van der Waals surface area contributed by atoms with E-state index in [0.717, 1.165) is 0 Å². The Hall–Kier alpha value is -1.71. The first-order valence-corrected chi connectivity index (χ1v) is 7.62. The largest absolute Gasteiger partial charge is 0.388 e. The van der Waals surface area contributed by atoms with Gasteiger partial charge >= 0.3 is 0 Å². The summed E-state index contributed by atoms with van der Waals surface area (Å²) in [7, 11) is -0.957. The van der Waals surface area contributed by atoms with Crippen LogP contribution in [0.1, 0.15) is 13.8 Å². The molecule has 0 saturated carbocycles. The summed E-state index contributed by atoms with van der Waals surface area (Å²) in [5.74, 6) is 0. The number of sulfonamides is 1. The highest BCUT2D eigenvalue weighted by atomic mass is 32.2. The highest BCUT2D eigenvalue weighted by Gasteiger charge is 2.28. The lowest BCUT2D eigenvalue weighted by Gasteiger charge is -2.23. The molecule has 0 aliphatic carbocycles. The quantitative estimate of drug-likeness (QED) is 0.580. The van der Waals surface area contributed by atoms with E-state index in [-0.39, 0.29) is 11.4 Å². The molecular formula is C12H19N3O5S. The SMILES string of the molecule is CNc1ccc(S(=O)(=O)NCC(C)(C)OC)c([N+](=O)[O-])c1. The van der Waals surface area contributed by atoms with Gasteiger partial charge in [-0.15, -0.1) is 0 Å². The standard InChI is InChI=1S/C12H19N3O5S/c1-12(2,20-4)8-14-21(18,19)11-6-5-9(13-3)7-10(11)15(16)17/h5-7,13-14H,8H2,1-4H3. The maximum atomic E-state index is 12.2. The Balaban J connectivity index is 3.16. The van der Waals surface area contributed by atoms with Crippen molar-refractivity contribution in [2.24, 2.45) is 0 Å². The van der Waals surface area contributed by atoms with Crippen LogP contribution >= 0.6 is 0 Å². The van der Waals surface area contributed by atoms with E-state index in [1.165, 1.54) is 25.3 Å². The predicted molar refractivity (Wildman–Crippen MR) is 78.9 cm³/mol. The molecule has 1 aromatic rings. The molecule has 2 N–H and O–H groups in total. The lowest BCUT2D eigenvalue weighted by molar-refractivity contribution is -0.387. The number of hydrogen-bond acceptors (Lipinski definition) is 6. The van der Waals surface area contributed by atoms with Gasteiger partial charge in [-0.25, -0.2) is 13.1 Å². The molecular weight excluding hydrogens is 298 g/mol. The van der Waals surface area contributed by atoms with E-state index in [1.807, 2.05) is 0 Å². The minimum absolute atomic E-state index is 0.00321. The van der Waals surface area contributed by atoms with Crippen LogP contribution < -0.4 is 10.0 Å². The van der Waals surface area contributed by atoms with Crippen molar-refractivity contribution in [3.8, 4) is 0 Å². The highest BCUT2D eigenvalue weighted by molar-refractivity contribution is 7.89. The molecule has 118 valence electrons. The molecule has 21 heavy (non-hydrogen) atoms. The number of nitrogens with zero attached hydrogens (tertiary/aromatic N) is 1. The van der Waals surface area contributed by atoms with Crippen molar-refractivity contribution in [3.63, 3.8) is 0 Å². The fraction of sp³-hybridized carbons (Fsp3) is 0.500. The van der Waals surface area contributed by atoms with Crippen LogP contribution in [-0.2, 0) is 14.8 Å². The molecule has 0 aromatic heterocycles. The van der Waals surface area contributed by atoms with Crippen molar-refractivity contribution >= 4 is 21.4 Å². The fourth-order valence-corrected chi connectivity index (χ4v) is 2.81. The third-order valence-corrected chi connectivity index (χ3v) is 4.42. The maximum absolute atomic E-state index is 12.2. The van der Waals surface area contributed by atoms with Crippen molar-refractivity contribution in [3.05, 3.63) is 28.3 Å². The van der Waals surface area contributed by atoms with Gasteiger partial charge in [0.15, 0.2) is 4.90 Å². The minimum Gasteiger partial charge on any atom is -0.388 e.